The number of nitrogens with zero attached hydrogens (tertiary/aromatic N) is 1. The molecule has 1 aliphatic rings. The Morgan fingerprint density at radius 1 is 1.39 bits per heavy atom. The smallest absolute Gasteiger partial charge is 0.0791 e. The number of β-amino-alcohol motifs (C(OH)–C–C–N with tert-alkyl or cyclic N) is 1. The van der Waals surface area contributed by atoms with Crippen LogP contribution in [0.3, 0.4) is 0 Å². The lowest BCUT2D eigenvalue weighted by molar-refractivity contribution is 0.123. The van der Waals surface area contributed by atoms with E-state index in [2.05, 4.69) is 30.1 Å². The number of hydrogen-bond acceptors (Lipinski definition) is 4. The van der Waals surface area contributed by atoms with Crippen LogP contribution in [0.25, 0.3) is 0 Å². The molecule has 0 bridgehead atoms. The minimum Gasteiger partial charge on any atom is -0.390 e. The van der Waals surface area contributed by atoms with Crippen molar-refractivity contribution in [1.82, 2.24) is 10.2 Å². The van der Waals surface area contributed by atoms with Crippen LogP contribution in [0.5, 0.6) is 0 Å². The molecule has 3 nitrogen and oxygen atoms in total. The van der Waals surface area contributed by atoms with Gasteiger partial charge < -0.3 is 15.3 Å². The molecule has 0 saturated carbocycles. The van der Waals surface area contributed by atoms with Crippen LogP contribution in [0.2, 0.25) is 0 Å². The van der Waals surface area contributed by atoms with Crippen LogP contribution in [-0.2, 0) is 6.54 Å². The lowest BCUT2D eigenvalue weighted by Crippen LogP contribution is -2.36. The van der Waals surface area contributed by atoms with Crippen molar-refractivity contribution in [3.8, 4) is 0 Å². The third kappa shape index (κ3) is 4.05. The number of aryl methyl sites for hydroxylation is 2. The molecular formula is C14H24N2OS. The second-order valence-corrected chi connectivity index (χ2v) is 6.59. The van der Waals surface area contributed by atoms with Crippen molar-refractivity contribution in [2.45, 2.75) is 39.3 Å². The van der Waals surface area contributed by atoms with Crippen LogP contribution >= 0.6 is 11.3 Å². The van der Waals surface area contributed by atoms with Crippen molar-refractivity contribution in [2.75, 3.05) is 26.2 Å². The van der Waals surface area contributed by atoms with Gasteiger partial charge in [-0.25, -0.2) is 0 Å². The fourth-order valence-corrected chi connectivity index (χ4v) is 3.45. The highest BCUT2D eigenvalue weighted by molar-refractivity contribution is 7.12. The lowest BCUT2D eigenvalue weighted by atomic mass is 10.3. The summed E-state index contributed by atoms with van der Waals surface area (Å²) in [5, 5.41) is 13.3. The van der Waals surface area contributed by atoms with Crippen LogP contribution in [0.4, 0.5) is 0 Å². The zero-order valence-electron chi connectivity index (χ0n) is 11.4. The molecule has 1 saturated heterocycles. The van der Waals surface area contributed by atoms with Gasteiger partial charge in [0.2, 0.25) is 0 Å². The summed E-state index contributed by atoms with van der Waals surface area (Å²) in [6.07, 6.45) is 2.33. The number of thiophene rings is 1. The third-order valence-electron chi connectivity index (χ3n) is 3.56. The highest BCUT2D eigenvalue weighted by Gasteiger charge is 2.15. The standard InChI is InChI=1S/C14H24N2OS/c1-11-7-14(18-12(11)2)9-15-8-13(17)10-16-5-3-4-6-16/h7,13,15,17H,3-6,8-10H2,1-2H3. The first-order chi connectivity index (χ1) is 8.65. The highest BCUT2D eigenvalue weighted by Crippen LogP contribution is 2.20. The van der Waals surface area contributed by atoms with Crippen molar-refractivity contribution in [2.24, 2.45) is 0 Å². The molecule has 4 heteroatoms. The Kier molecular flexibility index (Phi) is 5.18. The number of aliphatic hydroxyl groups is 1. The molecule has 0 aliphatic carbocycles. The summed E-state index contributed by atoms with van der Waals surface area (Å²) in [5.41, 5.74) is 1.37. The quantitative estimate of drug-likeness (QED) is 0.827. The molecule has 1 fully saturated rings. The second-order valence-electron chi connectivity index (χ2n) is 5.24. The number of rotatable bonds is 6. The molecule has 102 valence electrons. The van der Waals surface area contributed by atoms with E-state index in [1.807, 2.05) is 11.3 Å². The van der Waals surface area contributed by atoms with Gasteiger partial charge in [0.05, 0.1) is 6.10 Å². The van der Waals surface area contributed by atoms with E-state index in [0.717, 1.165) is 26.2 Å². The SMILES string of the molecule is Cc1cc(CNCC(O)CN2CCCC2)sc1C. The second kappa shape index (κ2) is 6.66. The molecule has 0 spiro atoms. The molecular weight excluding hydrogens is 244 g/mol. The van der Waals surface area contributed by atoms with Gasteiger partial charge >= 0.3 is 0 Å². The predicted octanol–water partition coefficient (Wildman–Crippen LogP) is 1.91. The molecule has 0 aromatic carbocycles. The van der Waals surface area contributed by atoms with Crippen molar-refractivity contribution in [3.63, 3.8) is 0 Å². The van der Waals surface area contributed by atoms with Crippen molar-refractivity contribution >= 4 is 11.3 Å². The van der Waals surface area contributed by atoms with E-state index in [4.69, 9.17) is 0 Å². The third-order valence-corrected chi connectivity index (χ3v) is 4.72. The molecule has 0 radical (unpaired) electrons. The summed E-state index contributed by atoms with van der Waals surface area (Å²) in [4.78, 5) is 5.11. The average molecular weight is 268 g/mol. The Morgan fingerprint density at radius 2 is 2.11 bits per heavy atom. The van der Waals surface area contributed by atoms with Crippen LogP contribution in [0.1, 0.15) is 28.2 Å². The Morgan fingerprint density at radius 3 is 2.72 bits per heavy atom. The summed E-state index contributed by atoms with van der Waals surface area (Å²) in [6.45, 7) is 8.99. The summed E-state index contributed by atoms with van der Waals surface area (Å²) in [5.74, 6) is 0. The molecule has 2 heterocycles. The first kappa shape index (κ1) is 14.0. The Balaban J connectivity index is 1.65. The molecule has 1 aromatic heterocycles. The molecule has 1 aromatic rings. The zero-order chi connectivity index (χ0) is 13.0. The summed E-state index contributed by atoms with van der Waals surface area (Å²) in [7, 11) is 0. The molecule has 0 amide bonds. The van der Waals surface area contributed by atoms with Gasteiger partial charge in [-0.2, -0.15) is 0 Å². The average Bonchev–Trinajstić information content (AvgIpc) is 2.90. The van der Waals surface area contributed by atoms with E-state index in [9.17, 15) is 5.11 Å². The minimum atomic E-state index is -0.245. The van der Waals surface area contributed by atoms with Gasteiger partial charge in [-0.3, -0.25) is 0 Å². The van der Waals surface area contributed by atoms with Gasteiger partial charge in [0, 0.05) is 29.4 Å². The van der Waals surface area contributed by atoms with Gasteiger partial charge in [0.25, 0.3) is 0 Å². The van der Waals surface area contributed by atoms with E-state index in [0.29, 0.717) is 6.54 Å². The Bertz CT molecular complexity index is 352. The fraction of sp³-hybridized carbons (Fsp3) is 0.714. The highest BCUT2D eigenvalue weighted by atomic mass is 32.1. The predicted molar refractivity (Wildman–Crippen MR) is 77.2 cm³/mol. The van der Waals surface area contributed by atoms with E-state index in [1.54, 1.807) is 0 Å². The zero-order valence-corrected chi connectivity index (χ0v) is 12.2. The fourth-order valence-electron chi connectivity index (χ4n) is 2.43. The topological polar surface area (TPSA) is 35.5 Å². The molecule has 2 rings (SSSR count). The Hall–Kier alpha value is -0.420. The molecule has 1 aliphatic heterocycles. The maximum Gasteiger partial charge on any atom is 0.0791 e. The van der Waals surface area contributed by atoms with Gasteiger partial charge in [-0.05, 0) is 51.4 Å². The van der Waals surface area contributed by atoms with E-state index in [-0.39, 0.29) is 6.10 Å². The van der Waals surface area contributed by atoms with E-state index >= 15 is 0 Å². The van der Waals surface area contributed by atoms with E-state index in [1.165, 1.54) is 28.2 Å². The number of aliphatic hydroxyl groups excluding tert-OH is 1. The van der Waals surface area contributed by atoms with Crippen molar-refractivity contribution in [3.05, 3.63) is 21.4 Å². The maximum atomic E-state index is 9.95. The van der Waals surface area contributed by atoms with Crippen LogP contribution < -0.4 is 5.32 Å². The summed E-state index contributed by atoms with van der Waals surface area (Å²) < 4.78 is 0. The number of nitrogens with one attached hydrogen (secondary N) is 1. The molecule has 1 unspecified atom stereocenters. The minimum absolute atomic E-state index is 0.245. The molecule has 2 N–H and O–H groups in total. The van der Waals surface area contributed by atoms with Crippen LogP contribution in [0, 0.1) is 13.8 Å². The summed E-state index contributed by atoms with van der Waals surface area (Å²) >= 11 is 1.84. The largest absolute Gasteiger partial charge is 0.390 e. The first-order valence-corrected chi connectivity index (χ1v) is 7.64. The van der Waals surface area contributed by atoms with Gasteiger partial charge in [0.15, 0.2) is 0 Å². The van der Waals surface area contributed by atoms with Gasteiger partial charge in [-0.15, -0.1) is 11.3 Å². The van der Waals surface area contributed by atoms with Gasteiger partial charge in [0.1, 0.15) is 0 Å². The van der Waals surface area contributed by atoms with Crippen LogP contribution in [0.15, 0.2) is 6.07 Å². The monoisotopic (exact) mass is 268 g/mol. The molecule has 18 heavy (non-hydrogen) atoms. The van der Waals surface area contributed by atoms with E-state index < -0.39 is 0 Å². The lowest BCUT2D eigenvalue weighted by Gasteiger charge is -2.19. The number of likely N-dealkylation sites (tertiary alicyclic amines) is 1. The molecule has 1 atom stereocenters. The normalized spacial score (nSPS) is 18.4. The van der Waals surface area contributed by atoms with Crippen molar-refractivity contribution in [1.29, 1.82) is 0 Å². The summed E-state index contributed by atoms with van der Waals surface area (Å²) in [6, 6.07) is 2.24. The Labute approximate surface area is 114 Å². The van der Waals surface area contributed by atoms with Crippen LogP contribution in [-0.4, -0.2) is 42.3 Å². The maximum absolute atomic E-state index is 9.95. The van der Waals surface area contributed by atoms with Gasteiger partial charge in [-0.1, -0.05) is 0 Å². The van der Waals surface area contributed by atoms with Crippen molar-refractivity contribution < 1.29 is 5.11 Å². The number of hydrogen-bond donors (Lipinski definition) is 2. The first-order valence-electron chi connectivity index (χ1n) is 6.82.